The van der Waals surface area contributed by atoms with Crippen molar-refractivity contribution in [2.24, 2.45) is 0 Å². The number of aliphatic carboxylic acids is 1. The molecule has 0 unspecified atom stereocenters. The summed E-state index contributed by atoms with van der Waals surface area (Å²) in [7, 11) is -3.51. The molecule has 0 aromatic heterocycles. The summed E-state index contributed by atoms with van der Waals surface area (Å²) in [6.07, 6.45) is 0.637. The van der Waals surface area contributed by atoms with Crippen LogP contribution in [0.1, 0.15) is 27.2 Å². The van der Waals surface area contributed by atoms with E-state index in [4.69, 9.17) is 5.11 Å². The van der Waals surface area contributed by atoms with Crippen molar-refractivity contribution < 1.29 is 18.3 Å². The molecule has 1 fully saturated rings. The van der Waals surface area contributed by atoms with Crippen LogP contribution in [0.3, 0.4) is 0 Å². The highest BCUT2D eigenvalue weighted by Crippen LogP contribution is 2.10. The smallest absolute Gasteiger partial charge is 0.317 e. The van der Waals surface area contributed by atoms with Gasteiger partial charge in [0.25, 0.3) is 10.2 Å². The second kappa shape index (κ2) is 6.17. The lowest BCUT2D eigenvalue weighted by atomic mass is 10.1. The molecule has 1 saturated heterocycles. The molecule has 8 heteroatoms. The molecular formula is C11H23N3O4S. The molecular weight excluding hydrogens is 270 g/mol. The van der Waals surface area contributed by atoms with Gasteiger partial charge in [-0.1, -0.05) is 0 Å². The first-order valence-corrected chi connectivity index (χ1v) is 7.77. The van der Waals surface area contributed by atoms with Crippen molar-refractivity contribution in [3.63, 3.8) is 0 Å². The van der Waals surface area contributed by atoms with Crippen LogP contribution in [0.4, 0.5) is 0 Å². The second-order valence-corrected chi connectivity index (χ2v) is 7.45. The molecule has 0 radical (unpaired) electrons. The van der Waals surface area contributed by atoms with Crippen LogP contribution >= 0.6 is 0 Å². The van der Waals surface area contributed by atoms with Crippen molar-refractivity contribution in [3.8, 4) is 0 Å². The molecule has 0 aliphatic carbocycles. The normalized spacial score (nSPS) is 20.2. The third kappa shape index (κ3) is 5.85. The summed E-state index contributed by atoms with van der Waals surface area (Å²) in [6.45, 7) is 7.11. The summed E-state index contributed by atoms with van der Waals surface area (Å²) < 4.78 is 28.3. The molecule has 0 atom stereocenters. The number of nitrogens with one attached hydrogen (secondary N) is 1. The summed E-state index contributed by atoms with van der Waals surface area (Å²) >= 11 is 0. The monoisotopic (exact) mass is 293 g/mol. The van der Waals surface area contributed by atoms with Gasteiger partial charge in [-0.05, 0) is 27.2 Å². The number of carboxylic acid groups (broad SMARTS) is 1. The highest BCUT2D eigenvalue weighted by Gasteiger charge is 2.28. The molecule has 1 heterocycles. The highest BCUT2D eigenvalue weighted by atomic mass is 32.2. The van der Waals surface area contributed by atoms with Gasteiger partial charge in [0.15, 0.2) is 0 Å². The van der Waals surface area contributed by atoms with Gasteiger partial charge in [-0.3, -0.25) is 9.69 Å². The summed E-state index contributed by atoms with van der Waals surface area (Å²) in [5, 5.41) is 8.75. The topological polar surface area (TPSA) is 90.0 Å². The molecule has 0 bridgehead atoms. The van der Waals surface area contributed by atoms with Crippen LogP contribution in [0.15, 0.2) is 0 Å². The van der Waals surface area contributed by atoms with E-state index < -0.39 is 21.7 Å². The Labute approximate surface area is 114 Å². The van der Waals surface area contributed by atoms with Gasteiger partial charge in [0.05, 0.1) is 6.54 Å². The van der Waals surface area contributed by atoms with Crippen molar-refractivity contribution in [2.75, 3.05) is 32.7 Å². The lowest BCUT2D eigenvalue weighted by molar-refractivity contribution is -0.138. The Morgan fingerprint density at radius 2 is 1.84 bits per heavy atom. The molecule has 1 aliphatic rings. The van der Waals surface area contributed by atoms with Crippen LogP contribution in [0, 0.1) is 0 Å². The highest BCUT2D eigenvalue weighted by molar-refractivity contribution is 7.87. The number of nitrogens with zero attached hydrogens (tertiary/aromatic N) is 2. The summed E-state index contributed by atoms with van der Waals surface area (Å²) in [6, 6.07) is 0. The zero-order valence-electron chi connectivity index (χ0n) is 11.7. The molecule has 0 saturated carbocycles. The fourth-order valence-electron chi connectivity index (χ4n) is 1.99. The van der Waals surface area contributed by atoms with Crippen LogP contribution in [-0.2, 0) is 15.0 Å². The maximum atomic E-state index is 12.2. The van der Waals surface area contributed by atoms with Crippen molar-refractivity contribution in [3.05, 3.63) is 0 Å². The molecule has 19 heavy (non-hydrogen) atoms. The summed E-state index contributed by atoms with van der Waals surface area (Å²) in [4.78, 5) is 12.4. The Kier molecular flexibility index (Phi) is 5.31. The minimum atomic E-state index is -3.51. The van der Waals surface area contributed by atoms with E-state index in [0.717, 1.165) is 0 Å². The Morgan fingerprint density at radius 3 is 2.37 bits per heavy atom. The maximum Gasteiger partial charge on any atom is 0.317 e. The number of carbonyl (C=O) groups is 1. The van der Waals surface area contributed by atoms with E-state index in [2.05, 4.69) is 4.72 Å². The molecule has 2 N–H and O–H groups in total. The predicted octanol–water partition coefficient (Wildman–Crippen LogP) is -0.288. The zero-order chi connectivity index (χ0) is 14.7. The lowest BCUT2D eigenvalue weighted by Crippen LogP contribution is -2.49. The minimum absolute atomic E-state index is 0.0411. The molecule has 0 aromatic rings. The third-order valence-corrected chi connectivity index (χ3v) is 4.60. The molecule has 0 amide bonds. The van der Waals surface area contributed by atoms with Gasteiger partial charge in [0.1, 0.15) is 0 Å². The predicted molar refractivity (Wildman–Crippen MR) is 72.1 cm³/mol. The fourth-order valence-corrected chi connectivity index (χ4v) is 3.58. The molecule has 0 aromatic carbocycles. The Bertz CT molecular complexity index is 416. The van der Waals surface area contributed by atoms with Gasteiger partial charge in [-0.25, -0.2) is 0 Å². The minimum Gasteiger partial charge on any atom is -0.480 e. The number of hydrogen-bond donors (Lipinski definition) is 2. The van der Waals surface area contributed by atoms with Gasteiger partial charge in [0.2, 0.25) is 0 Å². The first kappa shape index (κ1) is 16.4. The fraction of sp³-hybridized carbons (Fsp3) is 0.909. The Balaban J connectivity index is 2.64. The van der Waals surface area contributed by atoms with Gasteiger partial charge in [0, 0.05) is 31.7 Å². The van der Waals surface area contributed by atoms with Crippen molar-refractivity contribution >= 4 is 16.2 Å². The molecule has 1 aliphatic heterocycles. The molecule has 0 spiro atoms. The number of rotatable bonds is 4. The summed E-state index contributed by atoms with van der Waals surface area (Å²) in [5.41, 5.74) is -0.522. The van der Waals surface area contributed by atoms with Crippen LogP contribution in [-0.4, -0.2) is 67.0 Å². The van der Waals surface area contributed by atoms with Crippen molar-refractivity contribution in [2.45, 2.75) is 32.7 Å². The maximum absolute atomic E-state index is 12.2. The van der Waals surface area contributed by atoms with E-state index in [1.807, 2.05) is 0 Å². The van der Waals surface area contributed by atoms with Gasteiger partial charge in [-0.15, -0.1) is 0 Å². The SMILES string of the molecule is CC(C)(C)NS(=O)(=O)N1CCCN(CC(=O)O)CC1. The molecule has 112 valence electrons. The van der Waals surface area contributed by atoms with E-state index in [-0.39, 0.29) is 6.54 Å². The first-order chi connectivity index (χ1) is 8.60. The largest absolute Gasteiger partial charge is 0.480 e. The number of hydrogen-bond acceptors (Lipinski definition) is 4. The van der Waals surface area contributed by atoms with Gasteiger partial charge < -0.3 is 5.11 Å². The Morgan fingerprint density at radius 1 is 1.21 bits per heavy atom. The second-order valence-electron chi connectivity index (χ2n) is 5.78. The van der Waals surface area contributed by atoms with E-state index in [9.17, 15) is 13.2 Å². The van der Waals surface area contributed by atoms with Crippen LogP contribution in [0.2, 0.25) is 0 Å². The average molecular weight is 293 g/mol. The third-order valence-electron chi connectivity index (χ3n) is 2.68. The quantitative estimate of drug-likeness (QED) is 0.743. The van der Waals surface area contributed by atoms with E-state index >= 15 is 0 Å². The van der Waals surface area contributed by atoms with Gasteiger partial charge >= 0.3 is 5.97 Å². The molecule has 7 nitrogen and oxygen atoms in total. The van der Waals surface area contributed by atoms with Crippen LogP contribution in [0.25, 0.3) is 0 Å². The van der Waals surface area contributed by atoms with Crippen LogP contribution < -0.4 is 4.72 Å². The Hall–Kier alpha value is -0.700. The van der Waals surface area contributed by atoms with E-state index in [1.54, 1.807) is 25.7 Å². The van der Waals surface area contributed by atoms with E-state index in [0.29, 0.717) is 32.6 Å². The number of carboxylic acids is 1. The molecule has 1 rings (SSSR count). The standard InChI is InChI=1S/C11H23N3O4S/c1-11(2,3)12-19(17,18)14-6-4-5-13(7-8-14)9-10(15)16/h12H,4-9H2,1-3H3,(H,15,16). The summed E-state index contributed by atoms with van der Waals surface area (Å²) in [5.74, 6) is -0.885. The van der Waals surface area contributed by atoms with Crippen molar-refractivity contribution in [1.82, 2.24) is 13.9 Å². The van der Waals surface area contributed by atoms with Gasteiger partial charge in [-0.2, -0.15) is 17.4 Å². The lowest BCUT2D eigenvalue weighted by Gasteiger charge is -2.27. The van der Waals surface area contributed by atoms with E-state index in [1.165, 1.54) is 4.31 Å². The average Bonchev–Trinajstić information content (AvgIpc) is 2.38. The van der Waals surface area contributed by atoms with Crippen LogP contribution in [0.5, 0.6) is 0 Å². The van der Waals surface area contributed by atoms with Crippen molar-refractivity contribution in [1.29, 1.82) is 0 Å². The zero-order valence-corrected chi connectivity index (χ0v) is 12.5. The first-order valence-electron chi connectivity index (χ1n) is 6.33.